The lowest BCUT2D eigenvalue weighted by Gasteiger charge is -2.13. The van der Waals surface area contributed by atoms with Gasteiger partial charge in [-0.1, -0.05) is 35.4 Å². The summed E-state index contributed by atoms with van der Waals surface area (Å²) >= 11 is 5.96. The molecule has 0 atom stereocenters. The number of nitrogens with zero attached hydrogens (tertiary/aromatic N) is 2. The van der Waals surface area contributed by atoms with Crippen LogP contribution in [0.3, 0.4) is 0 Å². The summed E-state index contributed by atoms with van der Waals surface area (Å²) < 4.78 is 0. The Morgan fingerprint density at radius 1 is 1.11 bits per heavy atom. The van der Waals surface area contributed by atoms with E-state index >= 15 is 0 Å². The molecule has 2 aromatic rings. The lowest BCUT2D eigenvalue weighted by molar-refractivity contribution is 0.0949. The number of anilines is 1. The Bertz CT molecular complexity index is 789. The third-order valence-electron chi connectivity index (χ3n) is 4.61. The fourth-order valence-corrected chi connectivity index (χ4v) is 3.34. The topological polar surface area (TPSA) is 66.9 Å². The highest BCUT2D eigenvalue weighted by molar-refractivity contribution is 6.30. The summed E-state index contributed by atoms with van der Waals surface area (Å²) in [4.78, 5) is 20.7. The zero-order valence-electron chi connectivity index (χ0n) is 15.4. The Balaban J connectivity index is 1.40. The quantitative estimate of drug-likeness (QED) is 0.662. The van der Waals surface area contributed by atoms with E-state index in [2.05, 4.69) is 26.7 Å². The smallest absolute Gasteiger partial charge is 0.271 e. The lowest BCUT2D eigenvalue weighted by Crippen LogP contribution is -2.26. The summed E-state index contributed by atoms with van der Waals surface area (Å²) in [7, 11) is 0. The molecule has 0 radical (unpaired) electrons. The van der Waals surface area contributed by atoms with E-state index in [1.54, 1.807) is 6.20 Å². The molecule has 1 aromatic heterocycles. The normalized spacial score (nSPS) is 13.7. The number of hydrogen-bond acceptors (Lipinski definition) is 4. The molecule has 0 saturated carbocycles. The number of aromatic nitrogens is 2. The van der Waals surface area contributed by atoms with E-state index in [1.165, 1.54) is 37.5 Å². The third kappa shape index (κ3) is 6.36. The van der Waals surface area contributed by atoms with Crippen LogP contribution in [0.25, 0.3) is 0 Å². The molecule has 1 aliphatic rings. The van der Waals surface area contributed by atoms with Gasteiger partial charge in [-0.05, 0) is 56.2 Å². The van der Waals surface area contributed by atoms with Gasteiger partial charge in [-0.25, -0.2) is 9.97 Å². The molecular formula is C21H25ClN4O. The maximum Gasteiger partial charge on any atom is 0.271 e. The summed E-state index contributed by atoms with van der Waals surface area (Å²) in [6, 6.07) is 7.63. The van der Waals surface area contributed by atoms with E-state index in [9.17, 15) is 4.79 Å². The van der Waals surface area contributed by atoms with Crippen molar-refractivity contribution in [3.05, 3.63) is 64.6 Å². The Kier molecular flexibility index (Phi) is 7.22. The van der Waals surface area contributed by atoms with Gasteiger partial charge in [0, 0.05) is 18.1 Å². The Morgan fingerprint density at radius 2 is 2.04 bits per heavy atom. The second kappa shape index (κ2) is 10.1. The van der Waals surface area contributed by atoms with E-state index in [-0.39, 0.29) is 5.91 Å². The second-order valence-electron chi connectivity index (χ2n) is 6.71. The summed E-state index contributed by atoms with van der Waals surface area (Å²) in [6.45, 7) is 1.36. The van der Waals surface area contributed by atoms with Crippen LogP contribution in [-0.4, -0.2) is 29.0 Å². The van der Waals surface area contributed by atoms with E-state index < -0.39 is 0 Å². The average molecular weight is 385 g/mol. The summed E-state index contributed by atoms with van der Waals surface area (Å²) in [5.74, 6) is 0.477. The van der Waals surface area contributed by atoms with Gasteiger partial charge in [0.15, 0.2) is 0 Å². The molecule has 0 unspecified atom stereocenters. The third-order valence-corrected chi connectivity index (χ3v) is 4.85. The molecule has 1 heterocycles. The highest BCUT2D eigenvalue weighted by atomic mass is 35.5. The summed E-state index contributed by atoms with van der Waals surface area (Å²) in [5, 5.41) is 6.83. The monoisotopic (exact) mass is 384 g/mol. The van der Waals surface area contributed by atoms with Crippen LogP contribution in [0, 0.1) is 0 Å². The highest BCUT2D eigenvalue weighted by Gasteiger charge is 2.08. The van der Waals surface area contributed by atoms with Crippen molar-refractivity contribution in [3.63, 3.8) is 0 Å². The van der Waals surface area contributed by atoms with Crippen molar-refractivity contribution in [2.75, 3.05) is 18.4 Å². The van der Waals surface area contributed by atoms with Crippen molar-refractivity contribution in [3.8, 4) is 0 Å². The number of amides is 1. The van der Waals surface area contributed by atoms with Gasteiger partial charge in [-0.3, -0.25) is 4.79 Å². The first-order valence-electron chi connectivity index (χ1n) is 9.47. The van der Waals surface area contributed by atoms with E-state index in [0.29, 0.717) is 23.1 Å². The van der Waals surface area contributed by atoms with Crippen LogP contribution < -0.4 is 10.6 Å². The molecule has 0 bridgehead atoms. The van der Waals surface area contributed by atoms with Crippen molar-refractivity contribution in [2.45, 2.75) is 38.5 Å². The van der Waals surface area contributed by atoms with Crippen LogP contribution in [0.4, 0.5) is 5.82 Å². The highest BCUT2D eigenvalue weighted by Crippen LogP contribution is 2.19. The zero-order valence-corrected chi connectivity index (χ0v) is 16.1. The lowest BCUT2D eigenvalue weighted by atomic mass is 9.97. The fourth-order valence-electron chi connectivity index (χ4n) is 3.12. The van der Waals surface area contributed by atoms with Crippen LogP contribution in [0.5, 0.6) is 0 Å². The Hall–Kier alpha value is -2.40. The number of hydrogen-bond donors (Lipinski definition) is 2. The van der Waals surface area contributed by atoms with Gasteiger partial charge in [0.2, 0.25) is 0 Å². The molecule has 0 aliphatic heterocycles. The van der Waals surface area contributed by atoms with Crippen molar-refractivity contribution in [1.29, 1.82) is 0 Å². The van der Waals surface area contributed by atoms with Gasteiger partial charge in [-0.2, -0.15) is 0 Å². The minimum Gasteiger partial charge on any atom is -0.368 e. The summed E-state index contributed by atoms with van der Waals surface area (Å²) in [6.07, 6.45) is 12.3. The van der Waals surface area contributed by atoms with Crippen LogP contribution in [0.2, 0.25) is 5.02 Å². The first-order valence-corrected chi connectivity index (χ1v) is 9.85. The maximum absolute atomic E-state index is 12.2. The average Bonchev–Trinajstić information content (AvgIpc) is 2.69. The van der Waals surface area contributed by atoms with Crippen LogP contribution in [0.15, 0.2) is 48.3 Å². The standard InChI is InChI=1S/C21H25ClN4O/c22-18-8-4-7-17(13-18)10-12-24-21(27)19-14-26-20(15-25-19)23-11-9-16-5-2-1-3-6-16/h4-5,7-8,13-15H,1-3,6,9-12H2,(H,23,26)(H,24,27). The van der Waals surface area contributed by atoms with Crippen LogP contribution in [0.1, 0.15) is 48.2 Å². The number of carbonyl (C=O) groups is 1. The number of rotatable bonds is 8. The SMILES string of the molecule is O=C(NCCc1cccc(Cl)c1)c1cnc(NCCC2=CCCCC2)cn1. The van der Waals surface area contributed by atoms with E-state index in [1.807, 2.05) is 24.3 Å². The van der Waals surface area contributed by atoms with Gasteiger partial charge < -0.3 is 10.6 Å². The van der Waals surface area contributed by atoms with Gasteiger partial charge in [0.05, 0.1) is 12.4 Å². The van der Waals surface area contributed by atoms with Crippen molar-refractivity contribution in [1.82, 2.24) is 15.3 Å². The minimum atomic E-state index is -0.219. The molecule has 1 aliphatic carbocycles. The molecule has 0 saturated heterocycles. The molecule has 1 amide bonds. The predicted octanol–water partition coefficient (Wildman–Crippen LogP) is 4.40. The second-order valence-corrected chi connectivity index (χ2v) is 7.14. The largest absolute Gasteiger partial charge is 0.368 e. The van der Waals surface area contributed by atoms with E-state index in [0.717, 1.165) is 24.9 Å². The van der Waals surface area contributed by atoms with Gasteiger partial charge in [0.25, 0.3) is 5.91 Å². The molecule has 0 spiro atoms. The molecule has 142 valence electrons. The predicted molar refractivity (Wildman–Crippen MR) is 109 cm³/mol. The van der Waals surface area contributed by atoms with E-state index in [4.69, 9.17) is 11.6 Å². The Labute approximate surface area is 165 Å². The van der Waals surface area contributed by atoms with Crippen molar-refractivity contribution in [2.24, 2.45) is 0 Å². The molecule has 2 N–H and O–H groups in total. The minimum absolute atomic E-state index is 0.219. The maximum atomic E-state index is 12.2. The molecule has 3 rings (SSSR count). The van der Waals surface area contributed by atoms with Crippen molar-refractivity contribution < 1.29 is 4.79 Å². The fraction of sp³-hybridized carbons (Fsp3) is 0.381. The molecule has 27 heavy (non-hydrogen) atoms. The number of benzene rings is 1. The summed E-state index contributed by atoms with van der Waals surface area (Å²) in [5.41, 5.74) is 2.93. The number of nitrogens with one attached hydrogen (secondary N) is 2. The van der Waals surface area contributed by atoms with Gasteiger partial charge >= 0.3 is 0 Å². The van der Waals surface area contributed by atoms with Crippen molar-refractivity contribution >= 4 is 23.3 Å². The number of carbonyl (C=O) groups excluding carboxylic acids is 1. The van der Waals surface area contributed by atoms with Gasteiger partial charge in [0.1, 0.15) is 11.5 Å². The van der Waals surface area contributed by atoms with Gasteiger partial charge in [-0.15, -0.1) is 0 Å². The van der Waals surface area contributed by atoms with Crippen LogP contribution in [-0.2, 0) is 6.42 Å². The molecule has 1 aromatic carbocycles. The number of allylic oxidation sites excluding steroid dienone is 1. The molecule has 6 heteroatoms. The molecule has 5 nitrogen and oxygen atoms in total. The molecule has 0 fully saturated rings. The number of halogens is 1. The Morgan fingerprint density at radius 3 is 2.78 bits per heavy atom. The first-order chi connectivity index (χ1) is 13.2. The van der Waals surface area contributed by atoms with Crippen LogP contribution >= 0.6 is 11.6 Å². The zero-order chi connectivity index (χ0) is 18.9. The molecular weight excluding hydrogens is 360 g/mol. The first kappa shape index (κ1) is 19.4.